The van der Waals surface area contributed by atoms with Crippen LogP contribution in [0, 0.1) is 11.8 Å². The number of aliphatic hydroxyl groups is 1. The van der Waals surface area contributed by atoms with E-state index in [1.807, 2.05) is 6.92 Å². The smallest absolute Gasteiger partial charge is 0.306 e. The summed E-state index contributed by atoms with van der Waals surface area (Å²) in [5.41, 5.74) is 0. The van der Waals surface area contributed by atoms with Crippen LogP contribution in [0.1, 0.15) is 51.9 Å². The summed E-state index contributed by atoms with van der Waals surface area (Å²) in [7, 11) is 0. The van der Waals surface area contributed by atoms with Gasteiger partial charge in [0.2, 0.25) is 0 Å². The topological polar surface area (TPSA) is 46.5 Å². The number of hydrogen-bond donors (Lipinski definition) is 1. The van der Waals surface area contributed by atoms with Crippen molar-refractivity contribution < 1.29 is 14.6 Å². The maximum atomic E-state index is 12.0. The van der Waals surface area contributed by atoms with Gasteiger partial charge < -0.3 is 9.84 Å². The molecule has 0 spiro atoms. The molecule has 0 amide bonds. The zero-order chi connectivity index (χ0) is 15.9. The first-order chi connectivity index (χ1) is 10.6. The lowest BCUT2D eigenvalue weighted by Crippen LogP contribution is -2.31. The molecule has 124 valence electrons. The molecule has 22 heavy (non-hydrogen) atoms. The lowest BCUT2D eigenvalue weighted by atomic mass is 9.88. The SMILES string of the molecule is CC[C@H]1OC(=O)CCCC/C=C\C/C=C\[C@H]2[C@H](O)[C@@H](Cl)C[C@@H]21. The minimum absolute atomic E-state index is 0.0309. The molecule has 1 N–H and O–H groups in total. The van der Waals surface area contributed by atoms with Crippen molar-refractivity contribution in [3.05, 3.63) is 24.3 Å². The molecule has 0 aromatic rings. The minimum Gasteiger partial charge on any atom is -0.462 e. The molecule has 0 bridgehead atoms. The molecule has 4 heteroatoms. The fraction of sp³-hybridized carbons (Fsp3) is 0.722. The van der Waals surface area contributed by atoms with Gasteiger partial charge in [-0.15, -0.1) is 11.6 Å². The Morgan fingerprint density at radius 2 is 2.14 bits per heavy atom. The van der Waals surface area contributed by atoms with Crippen LogP contribution in [-0.4, -0.2) is 28.7 Å². The van der Waals surface area contributed by atoms with Crippen LogP contribution < -0.4 is 0 Å². The summed E-state index contributed by atoms with van der Waals surface area (Å²) in [6, 6.07) is 0. The molecule has 0 radical (unpaired) electrons. The second-order valence-corrected chi connectivity index (χ2v) is 6.86. The fourth-order valence-corrected chi connectivity index (χ4v) is 3.84. The average Bonchev–Trinajstić information content (AvgIpc) is 2.78. The number of aliphatic hydroxyl groups excluding tert-OH is 1. The van der Waals surface area contributed by atoms with Crippen molar-refractivity contribution in [2.75, 3.05) is 0 Å². The number of esters is 1. The maximum absolute atomic E-state index is 12.0. The van der Waals surface area contributed by atoms with Crippen LogP contribution in [0.25, 0.3) is 0 Å². The lowest BCUT2D eigenvalue weighted by Gasteiger charge is -2.27. The standard InChI is InChI=1S/C18H27ClO3/c1-2-16-14-12-15(19)18(21)13(14)10-8-6-4-3-5-7-9-11-17(20)22-16/h3-4,8,10,13-16,18,21H,2,5-7,9,11-12H2,1H3/b4-3-,10-8-/t13-,14+,15+,16-,18+/m1/s1. The zero-order valence-corrected chi connectivity index (χ0v) is 14.0. The molecule has 1 heterocycles. The van der Waals surface area contributed by atoms with Crippen LogP contribution in [0.3, 0.4) is 0 Å². The summed E-state index contributed by atoms with van der Waals surface area (Å²) < 4.78 is 5.69. The van der Waals surface area contributed by atoms with Crippen molar-refractivity contribution in [1.29, 1.82) is 0 Å². The van der Waals surface area contributed by atoms with Gasteiger partial charge in [-0.1, -0.05) is 31.2 Å². The van der Waals surface area contributed by atoms with Crippen LogP contribution in [-0.2, 0) is 9.53 Å². The molecular formula is C18H27ClO3. The average molecular weight is 327 g/mol. The van der Waals surface area contributed by atoms with Crippen molar-refractivity contribution in [1.82, 2.24) is 0 Å². The lowest BCUT2D eigenvalue weighted by molar-refractivity contribution is -0.153. The van der Waals surface area contributed by atoms with Gasteiger partial charge in [-0.25, -0.2) is 0 Å². The first-order valence-corrected chi connectivity index (χ1v) is 8.90. The highest BCUT2D eigenvalue weighted by molar-refractivity contribution is 6.21. The van der Waals surface area contributed by atoms with E-state index in [9.17, 15) is 9.90 Å². The van der Waals surface area contributed by atoms with E-state index in [-0.39, 0.29) is 29.3 Å². The molecule has 1 fully saturated rings. The highest BCUT2D eigenvalue weighted by Crippen LogP contribution is 2.40. The number of carbonyl (C=O) groups is 1. The number of hydrogen-bond acceptors (Lipinski definition) is 3. The number of halogens is 1. The van der Waals surface area contributed by atoms with Crippen LogP contribution in [0.4, 0.5) is 0 Å². The summed E-state index contributed by atoms with van der Waals surface area (Å²) in [6.07, 6.45) is 13.4. The summed E-state index contributed by atoms with van der Waals surface area (Å²) in [5, 5.41) is 10.1. The van der Waals surface area contributed by atoms with Crippen LogP contribution in [0.2, 0.25) is 0 Å². The molecule has 1 saturated carbocycles. The molecular weight excluding hydrogens is 300 g/mol. The van der Waals surface area contributed by atoms with E-state index < -0.39 is 6.10 Å². The quantitative estimate of drug-likeness (QED) is 0.450. The van der Waals surface area contributed by atoms with E-state index in [2.05, 4.69) is 24.3 Å². The third-order valence-electron chi connectivity index (χ3n) is 4.72. The number of rotatable bonds is 1. The molecule has 1 aliphatic heterocycles. The summed E-state index contributed by atoms with van der Waals surface area (Å²) in [6.45, 7) is 2.03. The Balaban J connectivity index is 2.16. The summed E-state index contributed by atoms with van der Waals surface area (Å²) in [5.74, 6) is -0.0469. The highest BCUT2D eigenvalue weighted by Gasteiger charge is 2.44. The normalized spacial score (nSPS) is 40.3. The number of ether oxygens (including phenoxy) is 1. The van der Waals surface area contributed by atoms with E-state index in [1.54, 1.807) is 0 Å². The maximum Gasteiger partial charge on any atom is 0.306 e. The van der Waals surface area contributed by atoms with Crippen molar-refractivity contribution in [3.63, 3.8) is 0 Å². The zero-order valence-electron chi connectivity index (χ0n) is 13.3. The minimum atomic E-state index is -0.562. The number of cyclic esters (lactones) is 1. The molecule has 3 nitrogen and oxygen atoms in total. The Morgan fingerprint density at radius 1 is 1.32 bits per heavy atom. The van der Waals surface area contributed by atoms with Gasteiger partial charge in [0.05, 0.1) is 11.5 Å². The van der Waals surface area contributed by atoms with E-state index in [1.165, 1.54) is 0 Å². The molecule has 5 atom stereocenters. The van der Waals surface area contributed by atoms with Gasteiger partial charge in [0.25, 0.3) is 0 Å². The largest absolute Gasteiger partial charge is 0.462 e. The molecule has 0 saturated heterocycles. The Hall–Kier alpha value is -0.800. The molecule has 0 unspecified atom stereocenters. The second-order valence-electron chi connectivity index (χ2n) is 6.30. The van der Waals surface area contributed by atoms with Crippen molar-refractivity contribution in [3.8, 4) is 0 Å². The first-order valence-electron chi connectivity index (χ1n) is 8.46. The Morgan fingerprint density at radius 3 is 2.91 bits per heavy atom. The monoisotopic (exact) mass is 326 g/mol. The molecule has 2 aliphatic rings. The summed E-state index contributed by atoms with van der Waals surface area (Å²) >= 11 is 6.26. The molecule has 0 aromatic carbocycles. The van der Waals surface area contributed by atoms with Crippen molar-refractivity contribution in [2.45, 2.75) is 69.5 Å². The van der Waals surface area contributed by atoms with Gasteiger partial charge in [0, 0.05) is 18.3 Å². The van der Waals surface area contributed by atoms with Gasteiger partial charge in [-0.3, -0.25) is 4.79 Å². The van der Waals surface area contributed by atoms with Gasteiger partial charge in [-0.2, -0.15) is 0 Å². The Kier molecular flexibility index (Phi) is 6.97. The van der Waals surface area contributed by atoms with Crippen molar-refractivity contribution in [2.24, 2.45) is 11.8 Å². The van der Waals surface area contributed by atoms with Gasteiger partial charge in [0.15, 0.2) is 0 Å². The van der Waals surface area contributed by atoms with E-state index in [0.717, 1.165) is 32.1 Å². The predicted molar refractivity (Wildman–Crippen MR) is 88.8 cm³/mol. The van der Waals surface area contributed by atoms with E-state index in [0.29, 0.717) is 12.8 Å². The fourth-order valence-electron chi connectivity index (χ4n) is 3.47. The first kappa shape index (κ1) is 17.6. The van der Waals surface area contributed by atoms with Crippen molar-refractivity contribution >= 4 is 17.6 Å². The third kappa shape index (κ3) is 4.60. The number of allylic oxidation sites excluding steroid dienone is 3. The molecule has 2 rings (SSSR count). The number of carbonyl (C=O) groups excluding carboxylic acids is 1. The van der Waals surface area contributed by atoms with Crippen LogP contribution >= 0.6 is 11.6 Å². The van der Waals surface area contributed by atoms with Crippen LogP contribution in [0.5, 0.6) is 0 Å². The van der Waals surface area contributed by atoms with Crippen LogP contribution in [0.15, 0.2) is 24.3 Å². The van der Waals surface area contributed by atoms with Gasteiger partial charge in [0.1, 0.15) is 6.10 Å². The number of fused-ring (bicyclic) bond motifs is 1. The predicted octanol–water partition coefficient (Wildman–Crippen LogP) is 3.99. The third-order valence-corrected chi connectivity index (χ3v) is 5.15. The van der Waals surface area contributed by atoms with E-state index >= 15 is 0 Å². The van der Waals surface area contributed by atoms with Gasteiger partial charge in [-0.05, 0) is 38.5 Å². The Bertz CT molecular complexity index is 419. The number of alkyl halides is 1. The summed E-state index contributed by atoms with van der Waals surface area (Å²) in [4.78, 5) is 12.0. The van der Waals surface area contributed by atoms with Gasteiger partial charge >= 0.3 is 5.97 Å². The second kappa shape index (κ2) is 8.73. The van der Waals surface area contributed by atoms with E-state index in [4.69, 9.17) is 16.3 Å². The highest BCUT2D eigenvalue weighted by atomic mass is 35.5. The Labute approximate surface area is 138 Å². The molecule has 1 aliphatic carbocycles. The molecule has 0 aromatic heterocycles.